The number of benzene rings is 3. The first-order valence-electron chi connectivity index (χ1n) is 9.26. The van der Waals surface area contributed by atoms with Crippen LogP contribution in [-0.4, -0.2) is 31.5 Å². The minimum Gasteiger partial charge on any atom is -0.322 e. The van der Waals surface area contributed by atoms with Crippen LogP contribution in [0.1, 0.15) is 20.7 Å². The minimum absolute atomic E-state index is 0.0471. The lowest BCUT2D eigenvalue weighted by Crippen LogP contribution is -2.14. The van der Waals surface area contributed by atoms with Crippen LogP contribution in [0, 0.1) is 0 Å². The summed E-state index contributed by atoms with van der Waals surface area (Å²) < 4.78 is 24.3. The van der Waals surface area contributed by atoms with Crippen molar-refractivity contribution in [2.45, 2.75) is 4.90 Å². The van der Waals surface area contributed by atoms with Crippen LogP contribution in [0.3, 0.4) is 0 Å². The molecule has 162 valence electrons. The van der Waals surface area contributed by atoms with Crippen molar-refractivity contribution in [3.63, 3.8) is 0 Å². The van der Waals surface area contributed by atoms with Crippen LogP contribution in [0.2, 0.25) is 5.02 Å². The number of amides is 2. The molecule has 0 spiro atoms. The summed E-state index contributed by atoms with van der Waals surface area (Å²) in [6.07, 6.45) is 1.07. The van der Waals surface area contributed by atoms with Gasteiger partial charge in [-0.1, -0.05) is 17.7 Å². The van der Waals surface area contributed by atoms with Crippen molar-refractivity contribution < 1.29 is 18.0 Å². The second-order valence-electron chi connectivity index (χ2n) is 6.94. The van der Waals surface area contributed by atoms with Crippen molar-refractivity contribution in [3.05, 3.63) is 82.3 Å². The molecular weight excluding hydrogens is 470 g/mol. The van der Waals surface area contributed by atoms with Crippen molar-refractivity contribution in [2.24, 2.45) is 0 Å². The maximum absolute atomic E-state index is 12.6. The monoisotopic (exact) mass is 485 g/mol. The molecule has 1 aromatic heterocycles. The van der Waals surface area contributed by atoms with Crippen molar-refractivity contribution in [1.82, 2.24) is 4.98 Å². The van der Waals surface area contributed by atoms with Crippen molar-refractivity contribution >= 4 is 66.2 Å². The van der Waals surface area contributed by atoms with Crippen molar-refractivity contribution in [2.75, 3.05) is 16.9 Å². The number of carbonyl (C=O) groups excluding carboxylic acids is 2. The quantitative estimate of drug-likeness (QED) is 0.420. The average Bonchev–Trinajstić information content (AvgIpc) is 3.23. The van der Waals surface area contributed by atoms with Gasteiger partial charge in [0.05, 0.1) is 31.3 Å². The van der Waals surface area contributed by atoms with E-state index in [1.54, 1.807) is 35.8 Å². The van der Waals surface area contributed by atoms with Crippen LogP contribution in [0.15, 0.2) is 71.1 Å². The fourth-order valence-corrected chi connectivity index (χ4v) is 4.57. The summed E-state index contributed by atoms with van der Waals surface area (Å²) in [7, 11) is -3.44. The molecule has 10 heteroatoms. The normalized spacial score (nSPS) is 11.3. The lowest BCUT2D eigenvalue weighted by atomic mass is 10.2. The number of aromatic nitrogens is 1. The van der Waals surface area contributed by atoms with Crippen molar-refractivity contribution in [3.8, 4) is 0 Å². The molecule has 0 saturated carbocycles. The number of anilines is 2. The Morgan fingerprint density at radius 3 is 2.44 bits per heavy atom. The van der Waals surface area contributed by atoms with Gasteiger partial charge in [0.2, 0.25) is 0 Å². The molecule has 0 fully saturated rings. The Kier molecular flexibility index (Phi) is 5.96. The summed E-state index contributed by atoms with van der Waals surface area (Å²) in [6, 6.07) is 15.7. The van der Waals surface area contributed by atoms with Gasteiger partial charge in [-0.3, -0.25) is 9.59 Å². The Bertz CT molecular complexity index is 1470. The lowest BCUT2D eigenvalue weighted by molar-refractivity contribution is 0.101. The molecule has 1 heterocycles. The molecule has 0 atom stereocenters. The van der Waals surface area contributed by atoms with Gasteiger partial charge in [-0.15, -0.1) is 11.3 Å². The number of halogens is 1. The van der Waals surface area contributed by atoms with E-state index in [0.717, 1.165) is 16.5 Å². The van der Waals surface area contributed by atoms with E-state index in [2.05, 4.69) is 15.6 Å². The van der Waals surface area contributed by atoms with E-state index in [4.69, 9.17) is 11.6 Å². The van der Waals surface area contributed by atoms with Crippen LogP contribution in [0.25, 0.3) is 10.2 Å². The third-order valence-electron chi connectivity index (χ3n) is 4.59. The molecule has 0 radical (unpaired) electrons. The molecule has 2 amide bonds. The van der Waals surface area contributed by atoms with E-state index < -0.39 is 15.7 Å². The number of thiazole rings is 1. The molecule has 32 heavy (non-hydrogen) atoms. The molecule has 4 aromatic rings. The molecule has 4 rings (SSSR count). The minimum atomic E-state index is -3.44. The van der Waals surface area contributed by atoms with E-state index in [9.17, 15) is 18.0 Å². The molecule has 0 aliphatic rings. The predicted octanol–water partition coefficient (Wildman–Crippen LogP) is 4.86. The smallest absolute Gasteiger partial charge is 0.255 e. The summed E-state index contributed by atoms with van der Waals surface area (Å²) in [5.41, 5.74) is 4.00. The van der Waals surface area contributed by atoms with Gasteiger partial charge in [0, 0.05) is 23.1 Å². The standard InChI is InChI=1S/C22H16ClN3O4S2/c1-32(29,30)16-4-2-3-13(9-16)22(28)26-18-8-6-15(11-17(18)23)25-21(27)14-5-7-19-20(10-14)31-12-24-19/h2-12H,1H3,(H,25,27)(H,26,28). The Hall–Kier alpha value is -3.27. The number of nitrogens with one attached hydrogen (secondary N) is 2. The molecule has 0 aliphatic carbocycles. The second-order valence-corrected chi connectivity index (χ2v) is 10.2. The topological polar surface area (TPSA) is 105 Å². The second kappa shape index (κ2) is 8.70. The number of hydrogen-bond acceptors (Lipinski definition) is 6. The summed E-state index contributed by atoms with van der Waals surface area (Å²) in [5.74, 6) is -0.808. The SMILES string of the molecule is CS(=O)(=O)c1cccc(C(=O)Nc2ccc(NC(=O)c3ccc4ncsc4c3)cc2Cl)c1. The van der Waals surface area contributed by atoms with E-state index in [1.165, 1.54) is 41.7 Å². The lowest BCUT2D eigenvalue weighted by Gasteiger charge is -2.11. The zero-order valence-electron chi connectivity index (χ0n) is 16.6. The Morgan fingerprint density at radius 2 is 1.69 bits per heavy atom. The number of fused-ring (bicyclic) bond motifs is 1. The van der Waals surface area contributed by atoms with Gasteiger partial charge in [0.1, 0.15) is 0 Å². The number of nitrogens with zero attached hydrogens (tertiary/aromatic N) is 1. The summed E-state index contributed by atoms with van der Waals surface area (Å²) in [4.78, 5) is 29.3. The van der Waals surface area contributed by atoms with E-state index >= 15 is 0 Å². The molecule has 0 bridgehead atoms. The first kappa shape index (κ1) is 21.9. The van der Waals surface area contributed by atoms with E-state index in [0.29, 0.717) is 16.9 Å². The maximum Gasteiger partial charge on any atom is 0.255 e. The number of hydrogen-bond donors (Lipinski definition) is 2. The Labute approximate surface area is 193 Å². The molecule has 7 nitrogen and oxygen atoms in total. The summed E-state index contributed by atoms with van der Waals surface area (Å²) >= 11 is 7.74. The molecule has 0 aliphatic heterocycles. The highest BCUT2D eigenvalue weighted by atomic mass is 35.5. The van der Waals surface area contributed by atoms with Crippen LogP contribution < -0.4 is 10.6 Å². The van der Waals surface area contributed by atoms with Crippen LogP contribution in [-0.2, 0) is 9.84 Å². The van der Waals surface area contributed by atoms with Gasteiger partial charge < -0.3 is 10.6 Å². The fraction of sp³-hybridized carbons (Fsp3) is 0.0455. The molecular formula is C22H16ClN3O4S2. The Morgan fingerprint density at radius 1 is 0.938 bits per heavy atom. The van der Waals surface area contributed by atoms with Crippen molar-refractivity contribution in [1.29, 1.82) is 0 Å². The van der Waals surface area contributed by atoms with Gasteiger partial charge in [0.25, 0.3) is 11.8 Å². The fourth-order valence-electron chi connectivity index (χ4n) is 2.96. The van der Waals surface area contributed by atoms with Gasteiger partial charge in [-0.25, -0.2) is 13.4 Å². The number of sulfone groups is 1. The van der Waals surface area contributed by atoms with Gasteiger partial charge in [0.15, 0.2) is 9.84 Å². The van der Waals surface area contributed by atoms with Crippen LogP contribution in [0.5, 0.6) is 0 Å². The molecule has 0 saturated heterocycles. The average molecular weight is 486 g/mol. The summed E-state index contributed by atoms with van der Waals surface area (Å²) in [5, 5.41) is 5.64. The van der Waals surface area contributed by atoms with Crippen LogP contribution in [0.4, 0.5) is 11.4 Å². The highest BCUT2D eigenvalue weighted by Gasteiger charge is 2.14. The summed E-state index contributed by atoms with van der Waals surface area (Å²) in [6.45, 7) is 0. The van der Waals surface area contributed by atoms with Gasteiger partial charge in [-0.05, 0) is 54.6 Å². The van der Waals surface area contributed by atoms with E-state index in [1.807, 2.05) is 0 Å². The third kappa shape index (κ3) is 4.80. The first-order chi connectivity index (χ1) is 15.2. The predicted molar refractivity (Wildman–Crippen MR) is 127 cm³/mol. The number of rotatable bonds is 5. The zero-order valence-corrected chi connectivity index (χ0v) is 19.0. The largest absolute Gasteiger partial charge is 0.322 e. The number of carbonyl (C=O) groups is 2. The molecule has 0 unspecified atom stereocenters. The van der Waals surface area contributed by atoms with E-state index in [-0.39, 0.29) is 21.4 Å². The first-order valence-corrected chi connectivity index (χ1v) is 12.4. The van der Waals surface area contributed by atoms with Gasteiger partial charge >= 0.3 is 0 Å². The highest BCUT2D eigenvalue weighted by molar-refractivity contribution is 7.90. The Balaban J connectivity index is 1.48. The maximum atomic E-state index is 12.6. The highest BCUT2D eigenvalue weighted by Crippen LogP contribution is 2.27. The zero-order chi connectivity index (χ0) is 22.9. The molecule has 2 N–H and O–H groups in total. The third-order valence-corrected chi connectivity index (χ3v) is 6.81. The van der Waals surface area contributed by atoms with Gasteiger partial charge in [-0.2, -0.15) is 0 Å². The van der Waals surface area contributed by atoms with Crippen LogP contribution >= 0.6 is 22.9 Å². The molecule has 3 aromatic carbocycles.